The number of carboxylic acids is 1. The van der Waals surface area contributed by atoms with Gasteiger partial charge in [0.2, 0.25) is 11.8 Å². The van der Waals surface area contributed by atoms with Gasteiger partial charge in [-0.2, -0.15) is 0 Å². The van der Waals surface area contributed by atoms with Gasteiger partial charge in [-0.05, 0) is 51.6 Å². The number of ketones is 1. The summed E-state index contributed by atoms with van der Waals surface area (Å²) in [5, 5.41) is 9.81. The van der Waals surface area contributed by atoms with Crippen LogP contribution in [0.3, 0.4) is 0 Å². The van der Waals surface area contributed by atoms with E-state index in [-0.39, 0.29) is 22.1 Å². The summed E-state index contributed by atoms with van der Waals surface area (Å²) in [6, 6.07) is 41.8. The van der Waals surface area contributed by atoms with E-state index >= 15 is 14.4 Å². The second kappa shape index (κ2) is 10.5. The number of hydrogen-bond acceptors (Lipinski definition) is 4. The van der Waals surface area contributed by atoms with Gasteiger partial charge in [-0.15, -0.1) is 0 Å². The summed E-state index contributed by atoms with van der Waals surface area (Å²) < 4.78 is 0. The zero-order chi connectivity index (χ0) is 32.5. The number of anilines is 1. The standard InChI is InChI=1S/C40H26ClNO5/c41-30-22-21-28(23-29(30)37(45)46)42-35(43)33-34(36(42)44)40(27-19-11-4-12-20-27)32(25-15-7-2-8-16-25)31(24-13-5-1-6-14-24)39(33,38(40)47)26-17-9-3-10-18-26/h1-23,33-34H,(H,45,46)/t33-,34+,39-,40+. The van der Waals surface area contributed by atoms with E-state index in [4.69, 9.17) is 11.6 Å². The number of allylic oxidation sites excluding steroid dienone is 2. The largest absolute Gasteiger partial charge is 0.478 e. The second-order valence-corrected chi connectivity index (χ2v) is 12.5. The van der Waals surface area contributed by atoms with Crippen molar-refractivity contribution in [2.45, 2.75) is 10.8 Å². The van der Waals surface area contributed by atoms with Crippen LogP contribution in [0, 0.1) is 11.8 Å². The fourth-order valence-corrected chi connectivity index (χ4v) is 8.60. The quantitative estimate of drug-likeness (QED) is 0.199. The van der Waals surface area contributed by atoms with Gasteiger partial charge in [-0.3, -0.25) is 14.4 Å². The molecule has 0 unspecified atom stereocenters. The number of benzene rings is 5. The SMILES string of the molecule is O=C(O)c1cc(N2C(=O)[C@@H]3[C@H](C2=O)[C@]2(c4ccccc4)C(=O)[C@@]3(c3ccccc3)C(c3ccccc3)=C2c2ccccc2)ccc1Cl. The van der Waals surface area contributed by atoms with Crippen LogP contribution in [0.4, 0.5) is 5.69 Å². The number of imide groups is 1. The van der Waals surface area contributed by atoms with Crippen molar-refractivity contribution in [1.29, 1.82) is 0 Å². The fraction of sp³-hybridized carbons (Fsp3) is 0.100. The molecule has 2 bridgehead atoms. The molecule has 1 saturated carbocycles. The predicted octanol–water partition coefficient (Wildman–Crippen LogP) is 7.23. The van der Waals surface area contributed by atoms with Crippen LogP contribution in [0.2, 0.25) is 5.02 Å². The summed E-state index contributed by atoms with van der Waals surface area (Å²) >= 11 is 6.20. The lowest BCUT2D eigenvalue weighted by atomic mass is 9.59. The zero-order valence-corrected chi connectivity index (χ0v) is 25.6. The monoisotopic (exact) mass is 635 g/mol. The molecule has 4 atom stereocenters. The molecule has 7 heteroatoms. The van der Waals surface area contributed by atoms with Crippen molar-refractivity contribution in [1.82, 2.24) is 0 Å². The number of nitrogens with zero attached hydrogens (tertiary/aromatic N) is 1. The van der Waals surface area contributed by atoms with E-state index < -0.39 is 40.4 Å². The lowest BCUT2D eigenvalue weighted by Gasteiger charge is -2.39. The van der Waals surface area contributed by atoms with Gasteiger partial charge in [0, 0.05) is 0 Å². The van der Waals surface area contributed by atoms with Crippen LogP contribution < -0.4 is 4.90 Å². The molecule has 2 fully saturated rings. The van der Waals surface area contributed by atoms with Gasteiger partial charge >= 0.3 is 5.97 Å². The topological polar surface area (TPSA) is 91.8 Å². The maximum Gasteiger partial charge on any atom is 0.337 e. The number of halogens is 1. The molecule has 1 aliphatic heterocycles. The molecule has 228 valence electrons. The number of amides is 2. The molecule has 8 rings (SSSR count). The van der Waals surface area contributed by atoms with E-state index in [2.05, 4.69) is 0 Å². The molecule has 2 aliphatic carbocycles. The average Bonchev–Trinajstić information content (AvgIpc) is 3.62. The van der Waals surface area contributed by atoms with Crippen LogP contribution in [0.1, 0.15) is 32.6 Å². The highest BCUT2D eigenvalue weighted by atomic mass is 35.5. The summed E-state index contributed by atoms with van der Waals surface area (Å²) in [6.45, 7) is 0. The van der Waals surface area contributed by atoms with Crippen molar-refractivity contribution in [3.63, 3.8) is 0 Å². The highest BCUT2D eigenvalue weighted by molar-refractivity contribution is 6.39. The minimum atomic E-state index is -1.54. The number of rotatable bonds is 6. The Morgan fingerprint density at radius 2 is 1.00 bits per heavy atom. The molecule has 6 nitrogen and oxygen atoms in total. The van der Waals surface area contributed by atoms with E-state index in [1.165, 1.54) is 18.2 Å². The third-order valence-electron chi connectivity index (χ3n) is 10.0. The van der Waals surface area contributed by atoms with Gasteiger partial charge in [0.15, 0.2) is 5.78 Å². The number of carboxylic acid groups (broad SMARTS) is 1. The number of carbonyl (C=O) groups excluding carboxylic acids is 3. The molecule has 1 heterocycles. The molecule has 0 spiro atoms. The number of aromatic carboxylic acids is 1. The van der Waals surface area contributed by atoms with Crippen molar-refractivity contribution in [2.24, 2.45) is 11.8 Å². The van der Waals surface area contributed by atoms with Crippen LogP contribution in [0.5, 0.6) is 0 Å². The van der Waals surface area contributed by atoms with Crippen LogP contribution in [0.25, 0.3) is 11.1 Å². The summed E-state index contributed by atoms with van der Waals surface area (Å²) in [5.74, 6) is -4.86. The molecule has 0 aromatic heterocycles. The number of Topliss-reactive ketones (excluding diaryl/α,β-unsaturated/α-hetero) is 1. The highest BCUT2D eigenvalue weighted by Gasteiger charge is 2.82. The second-order valence-electron chi connectivity index (χ2n) is 12.1. The molecule has 0 radical (unpaired) electrons. The van der Waals surface area contributed by atoms with E-state index in [9.17, 15) is 9.90 Å². The van der Waals surface area contributed by atoms with Gasteiger partial charge < -0.3 is 5.11 Å². The van der Waals surface area contributed by atoms with Crippen LogP contribution in [0.15, 0.2) is 140 Å². The number of hydrogen-bond donors (Lipinski definition) is 1. The van der Waals surface area contributed by atoms with Crippen LogP contribution in [-0.2, 0) is 25.2 Å². The van der Waals surface area contributed by atoms with Gasteiger partial charge in [0.25, 0.3) is 0 Å². The molecule has 5 aromatic rings. The fourth-order valence-electron chi connectivity index (χ4n) is 8.40. The summed E-state index contributed by atoms with van der Waals surface area (Å²) in [6.07, 6.45) is 0. The van der Waals surface area contributed by atoms with Crippen molar-refractivity contribution in [3.05, 3.63) is 172 Å². The Kier molecular flexibility index (Phi) is 6.43. The first-order chi connectivity index (χ1) is 22.8. The lowest BCUT2D eigenvalue weighted by molar-refractivity contribution is -0.130. The van der Waals surface area contributed by atoms with Gasteiger partial charge in [0.1, 0.15) is 0 Å². The van der Waals surface area contributed by atoms with E-state index in [0.717, 1.165) is 16.0 Å². The Morgan fingerprint density at radius 3 is 1.40 bits per heavy atom. The van der Waals surface area contributed by atoms with Crippen molar-refractivity contribution >= 4 is 52.0 Å². The molecular formula is C40H26ClNO5. The van der Waals surface area contributed by atoms with Crippen LogP contribution >= 0.6 is 11.6 Å². The molecule has 47 heavy (non-hydrogen) atoms. The highest BCUT2D eigenvalue weighted by Crippen LogP contribution is 2.74. The van der Waals surface area contributed by atoms with Gasteiger partial charge in [-0.25, -0.2) is 9.69 Å². The molecule has 3 aliphatic rings. The molecular weight excluding hydrogens is 610 g/mol. The van der Waals surface area contributed by atoms with E-state index in [0.29, 0.717) is 22.3 Å². The zero-order valence-electron chi connectivity index (χ0n) is 24.8. The number of fused-ring (bicyclic) bond motifs is 5. The van der Waals surface area contributed by atoms with E-state index in [1.807, 2.05) is 121 Å². The first-order valence-electron chi connectivity index (χ1n) is 15.3. The molecule has 5 aromatic carbocycles. The Balaban J connectivity index is 1.53. The van der Waals surface area contributed by atoms with Crippen molar-refractivity contribution in [3.8, 4) is 0 Å². The minimum absolute atomic E-state index is 0.0170. The average molecular weight is 636 g/mol. The molecule has 1 N–H and O–H groups in total. The maximum absolute atomic E-state index is 15.9. The predicted molar refractivity (Wildman–Crippen MR) is 179 cm³/mol. The summed E-state index contributed by atoms with van der Waals surface area (Å²) in [4.78, 5) is 59.0. The number of carbonyl (C=O) groups is 4. The normalized spacial score (nSPS) is 24.6. The van der Waals surface area contributed by atoms with E-state index in [1.54, 1.807) is 0 Å². The first-order valence-corrected chi connectivity index (χ1v) is 15.6. The third kappa shape index (κ3) is 3.67. The Bertz CT molecular complexity index is 2030. The van der Waals surface area contributed by atoms with Gasteiger partial charge in [-0.1, -0.05) is 133 Å². The molecule has 1 saturated heterocycles. The maximum atomic E-state index is 15.9. The molecule has 2 amide bonds. The minimum Gasteiger partial charge on any atom is -0.478 e. The smallest absolute Gasteiger partial charge is 0.337 e. The van der Waals surface area contributed by atoms with Crippen LogP contribution in [-0.4, -0.2) is 28.7 Å². The van der Waals surface area contributed by atoms with Crippen molar-refractivity contribution in [2.75, 3.05) is 4.90 Å². The Labute approximate surface area is 275 Å². The Morgan fingerprint density at radius 1 is 0.596 bits per heavy atom. The van der Waals surface area contributed by atoms with Gasteiger partial charge in [0.05, 0.1) is 38.9 Å². The van der Waals surface area contributed by atoms with Crippen molar-refractivity contribution < 1.29 is 24.3 Å². The third-order valence-corrected chi connectivity index (χ3v) is 10.3. The Hall–Kier alpha value is -5.59. The summed E-state index contributed by atoms with van der Waals surface area (Å²) in [5.41, 5.74) is 0.945. The summed E-state index contributed by atoms with van der Waals surface area (Å²) in [7, 11) is 0. The first kappa shape index (κ1) is 28.9. The lowest BCUT2D eigenvalue weighted by Crippen LogP contribution is -2.45.